The molecule has 0 N–H and O–H groups in total. The first-order valence-electron chi connectivity index (χ1n) is 4.14. The Morgan fingerprint density at radius 3 is 2.42 bits per heavy atom. The molecule has 1 amide bonds. The Bertz CT molecular complexity index is 193. The van der Waals surface area contributed by atoms with Crippen molar-refractivity contribution >= 4 is 12.2 Å². The average Bonchev–Trinajstić information content (AvgIpc) is 2.17. The molecular weight excluding hydrogens is 154 g/mol. The summed E-state index contributed by atoms with van der Waals surface area (Å²) < 4.78 is 0. The number of aldehydes is 1. The molecule has 1 heterocycles. The highest BCUT2D eigenvalue weighted by molar-refractivity contribution is 5.87. The van der Waals surface area contributed by atoms with Crippen LogP contribution in [-0.2, 0) is 9.59 Å². The fraction of sp³-hybridized carbons (Fsp3) is 0.556. The van der Waals surface area contributed by atoms with Crippen molar-refractivity contribution in [2.75, 3.05) is 13.1 Å². The van der Waals surface area contributed by atoms with Crippen LogP contribution in [0.2, 0.25) is 0 Å². The topological polar surface area (TPSA) is 37.4 Å². The Morgan fingerprint density at radius 1 is 1.42 bits per heavy atom. The van der Waals surface area contributed by atoms with Crippen molar-refractivity contribution in [3.8, 4) is 0 Å². The van der Waals surface area contributed by atoms with Gasteiger partial charge in [0.05, 0.1) is 0 Å². The molecule has 0 aromatic rings. The first-order valence-corrected chi connectivity index (χ1v) is 4.14. The Balaban J connectivity index is 2.40. The maximum absolute atomic E-state index is 11.1. The van der Waals surface area contributed by atoms with E-state index in [0.29, 0.717) is 13.1 Å². The van der Waals surface area contributed by atoms with Gasteiger partial charge in [0.25, 0.3) is 0 Å². The third-order valence-corrected chi connectivity index (χ3v) is 2.22. The van der Waals surface area contributed by atoms with E-state index in [1.54, 1.807) is 4.90 Å². The summed E-state index contributed by atoms with van der Waals surface area (Å²) >= 11 is 0. The number of hydrogen-bond acceptors (Lipinski definition) is 2. The summed E-state index contributed by atoms with van der Waals surface area (Å²) in [6, 6.07) is 0. The first-order chi connectivity index (χ1) is 5.77. The molecule has 1 fully saturated rings. The molecule has 0 unspecified atom stereocenters. The largest absolute Gasteiger partial charge is 0.339 e. The minimum absolute atomic E-state index is 0.0284. The maximum atomic E-state index is 11.1. The highest BCUT2D eigenvalue weighted by Gasteiger charge is 2.20. The van der Waals surface area contributed by atoms with Crippen LogP contribution < -0.4 is 0 Å². The van der Waals surface area contributed by atoms with Gasteiger partial charge in [0, 0.05) is 19.0 Å². The first kappa shape index (κ1) is 8.97. The van der Waals surface area contributed by atoms with Crippen molar-refractivity contribution in [3.63, 3.8) is 0 Å². The van der Waals surface area contributed by atoms with Gasteiger partial charge in [-0.2, -0.15) is 0 Å². The highest BCUT2D eigenvalue weighted by Crippen LogP contribution is 2.14. The Morgan fingerprint density at radius 2 is 2.00 bits per heavy atom. The summed E-state index contributed by atoms with van der Waals surface area (Å²) in [7, 11) is 0. The van der Waals surface area contributed by atoms with E-state index in [-0.39, 0.29) is 11.8 Å². The van der Waals surface area contributed by atoms with E-state index in [1.165, 1.54) is 6.08 Å². The summed E-state index contributed by atoms with van der Waals surface area (Å²) in [5, 5.41) is 0. The number of nitrogens with zero attached hydrogens (tertiary/aromatic N) is 1. The molecule has 66 valence electrons. The van der Waals surface area contributed by atoms with Gasteiger partial charge in [-0.1, -0.05) is 6.58 Å². The molecule has 1 rings (SSSR count). The predicted molar refractivity (Wildman–Crippen MR) is 45.6 cm³/mol. The standard InChI is InChI=1S/C9H13NO2/c1-2-9(12)10-5-3-8(7-11)4-6-10/h2,7-8H,1,3-6H2. The van der Waals surface area contributed by atoms with Crippen LogP contribution in [0.25, 0.3) is 0 Å². The second-order valence-corrected chi connectivity index (χ2v) is 3.00. The number of piperidine rings is 1. The van der Waals surface area contributed by atoms with Crippen molar-refractivity contribution in [2.45, 2.75) is 12.8 Å². The second kappa shape index (κ2) is 4.04. The number of hydrogen-bond donors (Lipinski definition) is 0. The average molecular weight is 167 g/mol. The van der Waals surface area contributed by atoms with E-state index in [4.69, 9.17) is 0 Å². The normalized spacial score (nSPS) is 18.8. The summed E-state index contributed by atoms with van der Waals surface area (Å²) in [5.74, 6) is 0.123. The van der Waals surface area contributed by atoms with E-state index in [9.17, 15) is 9.59 Å². The molecule has 0 radical (unpaired) electrons. The predicted octanol–water partition coefficient (Wildman–Crippen LogP) is 0.610. The Hall–Kier alpha value is -1.12. The van der Waals surface area contributed by atoms with Crippen molar-refractivity contribution in [1.82, 2.24) is 4.90 Å². The quantitative estimate of drug-likeness (QED) is 0.446. The van der Waals surface area contributed by atoms with E-state index < -0.39 is 0 Å². The summed E-state index contributed by atoms with van der Waals surface area (Å²) in [5.41, 5.74) is 0. The van der Waals surface area contributed by atoms with Crippen LogP contribution >= 0.6 is 0 Å². The molecule has 12 heavy (non-hydrogen) atoms. The lowest BCUT2D eigenvalue weighted by molar-refractivity contribution is -0.128. The van der Waals surface area contributed by atoms with E-state index in [2.05, 4.69) is 6.58 Å². The fourth-order valence-corrected chi connectivity index (χ4v) is 1.39. The van der Waals surface area contributed by atoms with Gasteiger partial charge in [-0.05, 0) is 18.9 Å². The minimum atomic E-state index is -0.0284. The molecule has 3 heteroatoms. The van der Waals surface area contributed by atoms with Crippen LogP contribution in [0.15, 0.2) is 12.7 Å². The SMILES string of the molecule is C=CC(=O)N1CCC(C=O)CC1. The van der Waals surface area contributed by atoms with Crippen LogP contribution in [0.4, 0.5) is 0 Å². The van der Waals surface area contributed by atoms with Gasteiger partial charge >= 0.3 is 0 Å². The van der Waals surface area contributed by atoms with Gasteiger partial charge in [0.15, 0.2) is 0 Å². The number of amides is 1. The maximum Gasteiger partial charge on any atom is 0.245 e. The zero-order valence-electron chi connectivity index (χ0n) is 7.03. The van der Waals surface area contributed by atoms with Crippen molar-refractivity contribution in [1.29, 1.82) is 0 Å². The molecule has 0 spiro atoms. The number of carbonyl (C=O) groups excluding carboxylic acids is 2. The van der Waals surface area contributed by atoms with Gasteiger partial charge < -0.3 is 9.69 Å². The fourth-order valence-electron chi connectivity index (χ4n) is 1.39. The monoisotopic (exact) mass is 167 g/mol. The van der Waals surface area contributed by atoms with Crippen LogP contribution in [0.5, 0.6) is 0 Å². The van der Waals surface area contributed by atoms with E-state index in [0.717, 1.165) is 19.1 Å². The molecule has 0 aromatic heterocycles. The zero-order valence-corrected chi connectivity index (χ0v) is 7.03. The van der Waals surface area contributed by atoms with E-state index >= 15 is 0 Å². The zero-order chi connectivity index (χ0) is 8.97. The van der Waals surface area contributed by atoms with Crippen LogP contribution in [0.3, 0.4) is 0 Å². The molecule has 1 aliphatic heterocycles. The molecule has 0 saturated carbocycles. The van der Waals surface area contributed by atoms with Crippen LogP contribution in [-0.4, -0.2) is 30.2 Å². The molecular formula is C9H13NO2. The molecule has 1 aliphatic rings. The summed E-state index contributed by atoms with van der Waals surface area (Å²) in [6.45, 7) is 4.79. The van der Waals surface area contributed by atoms with Gasteiger partial charge in [-0.25, -0.2) is 0 Å². The Kier molecular flexibility index (Phi) is 3.02. The van der Waals surface area contributed by atoms with Gasteiger partial charge in [0.2, 0.25) is 5.91 Å². The molecule has 0 aliphatic carbocycles. The third kappa shape index (κ3) is 1.94. The number of carbonyl (C=O) groups is 2. The van der Waals surface area contributed by atoms with Gasteiger partial charge in [-0.3, -0.25) is 4.79 Å². The van der Waals surface area contributed by atoms with Crippen LogP contribution in [0.1, 0.15) is 12.8 Å². The minimum Gasteiger partial charge on any atom is -0.339 e. The number of rotatable bonds is 2. The molecule has 0 bridgehead atoms. The lowest BCUT2D eigenvalue weighted by Crippen LogP contribution is -2.37. The number of likely N-dealkylation sites (tertiary alicyclic amines) is 1. The van der Waals surface area contributed by atoms with Gasteiger partial charge in [0.1, 0.15) is 6.29 Å². The van der Waals surface area contributed by atoms with Crippen molar-refractivity contribution in [2.24, 2.45) is 5.92 Å². The van der Waals surface area contributed by atoms with Gasteiger partial charge in [-0.15, -0.1) is 0 Å². The third-order valence-electron chi connectivity index (χ3n) is 2.22. The smallest absolute Gasteiger partial charge is 0.245 e. The van der Waals surface area contributed by atoms with Crippen LogP contribution in [0, 0.1) is 5.92 Å². The molecule has 0 aromatic carbocycles. The Labute approximate surface area is 72.0 Å². The summed E-state index contributed by atoms with van der Waals surface area (Å²) in [4.78, 5) is 23.2. The van der Waals surface area contributed by atoms with Crippen molar-refractivity contribution in [3.05, 3.63) is 12.7 Å². The highest BCUT2D eigenvalue weighted by atomic mass is 16.2. The lowest BCUT2D eigenvalue weighted by Gasteiger charge is -2.28. The molecule has 0 atom stereocenters. The second-order valence-electron chi connectivity index (χ2n) is 3.00. The lowest BCUT2D eigenvalue weighted by atomic mass is 9.99. The van der Waals surface area contributed by atoms with Crippen molar-refractivity contribution < 1.29 is 9.59 Å². The molecule has 3 nitrogen and oxygen atoms in total. The summed E-state index contributed by atoms with van der Waals surface area (Å²) in [6.07, 6.45) is 3.89. The van der Waals surface area contributed by atoms with E-state index in [1.807, 2.05) is 0 Å². The molecule has 1 saturated heterocycles.